The van der Waals surface area contributed by atoms with Gasteiger partial charge in [0.25, 0.3) is 5.91 Å². The summed E-state index contributed by atoms with van der Waals surface area (Å²) in [5.74, 6) is 1.42. The van der Waals surface area contributed by atoms with Gasteiger partial charge in [-0.15, -0.1) is 0 Å². The normalized spacial score (nSPS) is 17.5. The van der Waals surface area contributed by atoms with Crippen LogP contribution in [0.25, 0.3) is 0 Å². The maximum Gasteiger partial charge on any atom is 0.254 e. The van der Waals surface area contributed by atoms with E-state index in [1.54, 1.807) is 33.5 Å². The first-order valence-electron chi connectivity index (χ1n) is 13.0. The van der Waals surface area contributed by atoms with E-state index >= 15 is 0 Å². The highest BCUT2D eigenvalue weighted by Crippen LogP contribution is 2.41. The Bertz CT molecular complexity index is 972. The summed E-state index contributed by atoms with van der Waals surface area (Å²) < 4.78 is 16.4. The largest absolute Gasteiger partial charge is 0.493 e. The second-order valence-electron chi connectivity index (χ2n) is 9.62. The van der Waals surface area contributed by atoms with Gasteiger partial charge < -0.3 is 24.0 Å². The number of halogens is 1. The third kappa shape index (κ3) is 6.46. The molecule has 0 spiro atoms. The molecule has 0 aliphatic carbocycles. The van der Waals surface area contributed by atoms with E-state index in [2.05, 4.69) is 30.9 Å². The Morgan fingerprint density at radius 3 is 2.19 bits per heavy atom. The molecule has 0 saturated carbocycles. The van der Waals surface area contributed by atoms with Crippen LogP contribution in [0.15, 0.2) is 36.4 Å². The van der Waals surface area contributed by atoms with Crippen molar-refractivity contribution in [3.05, 3.63) is 52.5 Å². The molecule has 1 atom stereocenters. The van der Waals surface area contributed by atoms with E-state index in [9.17, 15) is 4.79 Å². The first-order chi connectivity index (χ1) is 17.4. The zero-order valence-electron chi connectivity index (χ0n) is 22.4. The third-order valence-corrected chi connectivity index (χ3v) is 7.54. The molecule has 0 N–H and O–H groups in total. The highest BCUT2D eigenvalue weighted by molar-refractivity contribution is 6.30. The van der Waals surface area contributed by atoms with Crippen LogP contribution in [0.1, 0.15) is 61.9 Å². The van der Waals surface area contributed by atoms with Crippen LogP contribution < -0.4 is 14.2 Å². The van der Waals surface area contributed by atoms with Gasteiger partial charge in [0.15, 0.2) is 11.5 Å². The van der Waals surface area contributed by atoms with Crippen LogP contribution in [0, 0.1) is 0 Å². The lowest BCUT2D eigenvalue weighted by molar-refractivity contribution is 0.0780. The monoisotopic (exact) mass is 516 g/mol. The standard InChI is InChI=1S/C29H41ClN2O4/c1-6-8-16-31(15-7-2)17-13-29(23-9-11-24(30)12-10-23)14-18-32(21-29)28(33)22-19-25(34-3)27(36-5)26(20-22)35-4/h9-12,19-20H,6-8,13-18,21H2,1-5H3. The predicted molar refractivity (Wildman–Crippen MR) is 146 cm³/mol. The Balaban J connectivity index is 1.87. The maximum absolute atomic E-state index is 13.7. The van der Waals surface area contributed by atoms with Crippen molar-refractivity contribution < 1.29 is 19.0 Å². The highest BCUT2D eigenvalue weighted by atomic mass is 35.5. The number of amides is 1. The van der Waals surface area contributed by atoms with Gasteiger partial charge in [0.1, 0.15) is 0 Å². The van der Waals surface area contributed by atoms with E-state index in [0.717, 1.165) is 43.9 Å². The van der Waals surface area contributed by atoms with E-state index in [-0.39, 0.29) is 11.3 Å². The molecule has 1 unspecified atom stereocenters. The predicted octanol–water partition coefficient (Wildman–Crippen LogP) is 6.05. The molecule has 6 nitrogen and oxygen atoms in total. The van der Waals surface area contributed by atoms with Crippen molar-refractivity contribution in [3.8, 4) is 17.2 Å². The fourth-order valence-electron chi connectivity index (χ4n) is 5.23. The molecule has 1 heterocycles. The van der Waals surface area contributed by atoms with E-state index in [4.69, 9.17) is 25.8 Å². The summed E-state index contributed by atoms with van der Waals surface area (Å²) in [6.45, 7) is 9.07. The molecule has 198 valence electrons. The Hall–Kier alpha value is -2.44. The number of carbonyl (C=O) groups is 1. The first kappa shape index (κ1) is 28.1. The molecule has 1 fully saturated rings. The van der Waals surface area contributed by atoms with Crippen LogP contribution >= 0.6 is 11.6 Å². The molecule has 3 rings (SSSR count). The lowest BCUT2D eigenvalue weighted by atomic mass is 9.76. The van der Waals surface area contributed by atoms with Crippen LogP contribution in [0.2, 0.25) is 5.02 Å². The minimum atomic E-state index is -0.112. The maximum atomic E-state index is 13.7. The lowest BCUT2D eigenvalue weighted by Gasteiger charge is -2.33. The second kappa shape index (κ2) is 13.2. The van der Waals surface area contributed by atoms with Crippen molar-refractivity contribution in [2.75, 3.05) is 54.1 Å². The molecule has 1 saturated heterocycles. The highest BCUT2D eigenvalue weighted by Gasteiger charge is 2.41. The molecule has 1 amide bonds. The number of unbranched alkanes of at least 4 members (excludes halogenated alkanes) is 1. The summed E-state index contributed by atoms with van der Waals surface area (Å²) >= 11 is 6.22. The van der Waals surface area contributed by atoms with Crippen LogP contribution in [0.4, 0.5) is 0 Å². The third-order valence-electron chi connectivity index (χ3n) is 7.28. The number of likely N-dealkylation sites (tertiary alicyclic amines) is 1. The van der Waals surface area contributed by atoms with Gasteiger partial charge in [-0.05, 0) is 75.1 Å². The fourth-order valence-corrected chi connectivity index (χ4v) is 5.35. The van der Waals surface area contributed by atoms with Crippen molar-refractivity contribution in [1.82, 2.24) is 9.80 Å². The molecule has 0 aromatic heterocycles. The van der Waals surface area contributed by atoms with Gasteiger partial charge in [0, 0.05) is 29.1 Å². The van der Waals surface area contributed by atoms with Crippen LogP contribution in [0.5, 0.6) is 17.2 Å². The van der Waals surface area contributed by atoms with Gasteiger partial charge in [-0.3, -0.25) is 4.79 Å². The topological polar surface area (TPSA) is 51.2 Å². The van der Waals surface area contributed by atoms with Gasteiger partial charge in [-0.25, -0.2) is 0 Å². The number of nitrogens with zero attached hydrogens (tertiary/aromatic N) is 2. The summed E-state index contributed by atoms with van der Waals surface area (Å²) in [6, 6.07) is 11.7. The molecule has 1 aliphatic rings. The summed E-state index contributed by atoms with van der Waals surface area (Å²) in [6.07, 6.45) is 5.46. The average Bonchev–Trinajstić information content (AvgIpc) is 3.34. The molecule has 2 aromatic rings. The van der Waals surface area contributed by atoms with Gasteiger partial charge in [-0.1, -0.05) is 44.0 Å². The van der Waals surface area contributed by atoms with Crippen LogP contribution in [0.3, 0.4) is 0 Å². The number of hydrogen-bond acceptors (Lipinski definition) is 5. The molecular formula is C29H41ClN2O4. The van der Waals surface area contributed by atoms with Crippen molar-refractivity contribution in [3.63, 3.8) is 0 Å². The van der Waals surface area contributed by atoms with Crippen LogP contribution in [-0.4, -0.2) is 69.8 Å². The molecule has 0 radical (unpaired) electrons. The van der Waals surface area contributed by atoms with E-state index in [1.807, 2.05) is 17.0 Å². The molecule has 2 aromatic carbocycles. The van der Waals surface area contributed by atoms with Crippen LogP contribution in [-0.2, 0) is 5.41 Å². The molecule has 7 heteroatoms. The summed E-state index contributed by atoms with van der Waals surface area (Å²) in [7, 11) is 4.69. The van der Waals surface area contributed by atoms with Crippen molar-refractivity contribution >= 4 is 17.5 Å². The number of carbonyl (C=O) groups excluding carboxylic acids is 1. The van der Waals surface area contributed by atoms with E-state index in [0.29, 0.717) is 35.9 Å². The quantitative estimate of drug-likeness (QED) is 0.324. The zero-order chi connectivity index (χ0) is 26.1. The van der Waals surface area contributed by atoms with Crippen molar-refractivity contribution in [1.29, 1.82) is 0 Å². The molecule has 1 aliphatic heterocycles. The Kier molecular flexibility index (Phi) is 10.3. The summed E-state index contributed by atoms with van der Waals surface area (Å²) in [4.78, 5) is 18.2. The zero-order valence-corrected chi connectivity index (χ0v) is 23.2. The Morgan fingerprint density at radius 2 is 1.64 bits per heavy atom. The van der Waals surface area contributed by atoms with Crippen molar-refractivity contribution in [2.24, 2.45) is 0 Å². The number of rotatable bonds is 13. The summed E-state index contributed by atoms with van der Waals surface area (Å²) in [5, 5.41) is 0.729. The first-order valence-corrected chi connectivity index (χ1v) is 13.4. The molecule has 0 bridgehead atoms. The van der Waals surface area contributed by atoms with Gasteiger partial charge >= 0.3 is 0 Å². The number of hydrogen-bond donors (Lipinski definition) is 0. The molecule has 36 heavy (non-hydrogen) atoms. The minimum Gasteiger partial charge on any atom is -0.493 e. The summed E-state index contributed by atoms with van der Waals surface area (Å²) in [5.41, 5.74) is 1.67. The average molecular weight is 517 g/mol. The van der Waals surface area contributed by atoms with Gasteiger partial charge in [0.05, 0.1) is 21.3 Å². The second-order valence-corrected chi connectivity index (χ2v) is 10.1. The lowest BCUT2D eigenvalue weighted by Crippen LogP contribution is -2.38. The van der Waals surface area contributed by atoms with E-state index < -0.39 is 0 Å². The van der Waals surface area contributed by atoms with Gasteiger partial charge in [-0.2, -0.15) is 0 Å². The smallest absolute Gasteiger partial charge is 0.254 e. The van der Waals surface area contributed by atoms with Gasteiger partial charge in [0.2, 0.25) is 5.75 Å². The molecular weight excluding hydrogens is 476 g/mol. The number of methoxy groups -OCH3 is 3. The number of ether oxygens (including phenoxy) is 3. The van der Waals surface area contributed by atoms with Crippen molar-refractivity contribution in [2.45, 2.75) is 51.4 Å². The SMILES string of the molecule is CCCCN(CCC)CCC1(c2ccc(Cl)cc2)CCN(C(=O)c2cc(OC)c(OC)c(OC)c2)C1. The minimum absolute atomic E-state index is 0.0264. The fraction of sp³-hybridized carbons (Fsp3) is 0.552. The Morgan fingerprint density at radius 1 is 0.972 bits per heavy atom. The Labute approximate surface area is 221 Å². The van der Waals surface area contributed by atoms with E-state index in [1.165, 1.54) is 18.4 Å². The number of benzene rings is 2.